The van der Waals surface area contributed by atoms with E-state index in [9.17, 15) is 4.39 Å². The van der Waals surface area contributed by atoms with Crippen LogP contribution in [0.3, 0.4) is 0 Å². The molecule has 1 N–H and O–H groups in total. The fourth-order valence-corrected chi connectivity index (χ4v) is 1.81. The van der Waals surface area contributed by atoms with Crippen molar-refractivity contribution >= 4 is 11.6 Å². The van der Waals surface area contributed by atoms with Crippen LogP contribution in [0.4, 0.5) is 4.39 Å². The van der Waals surface area contributed by atoms with E-state index in [0.717, 1.165) is 18.7 Å². The zero-order valence-corrected chi connectivity index (χ0v) is 10.0. The first kappa shape index (κ1) is 12.1. The molecule has 0 aliphatic heterocycles. The Hall–Kier alpha value is -1.32. The van der Waals surface area contributed by atoms with Gasteiger partial charge < -0.3 is 9.73 Å². The highest BCUT2D eigenvalue weighted by Gasteiger charge is 2.05. The van der Waals surface area contributed by atoms with Crippen molar-refractivity contribution in [1.29, 1.82) is 0 Å². The van der Waals surface area contributed by atoms with Gasteiger partial charge in [-0.3, -0.25) is 0 Å². The smallest absolute Gasteiger partial charge is 0.129 e. The molecule has 4 heteroatoms. The predicted molar refractivity (Wildman–Crippen MR) is 65.5 cm³/mol. The summed E-state index contributed by atoms with van der Waals surface area (Å²) >= 11 is 5.91. The number of hydrogen-bond donors (Lipinski definition) is 1. The van der Waals surface area contributed by atoms with Crippen molar-refractivity contribution in [2.24, 2.45) is 0 Å². The van der Waals surface area contributed by atoms with E-state index in [4.69, 9.17) is 16.0 Å². The molecule has 1 heterocycles. The van der Waals surface area contributed by atoms with Gasteiger partial charge in [-0.05, 0) is 24.3 Å². The van der Waals surface area contributed by atoms with E-state index in [-0.39, 0.29) is 5.82 Å². The third-order valence-electron chi connectivity index (χ3n) is 2.49. The van der Waals surface area contributed by atoms with E-state index in [2.05, 4.69) is 5.32 Å². The quantitative estimate of drug-likeness (QED) is 0.827. The van der Waals surface area contributed by atoms with Crippen LogP contribution in [-0.4, -0.2) is 6.54 Å². The number of benzene rings is 1. The summed E-state index contributed by atoms with van der Waals surface area (Å²) in [6, 6.07) is 8.47. The molecular weight excluding hydrogens is 241 g/mol. The van der Waals surface area contributed by atoms with Gasteiger partial charge in [0.15, 0.2) is 0 Å². The summed E-state index contributed by atoms with van der Waals surface area (Å²) in [6.07, 6.45) is 2.42. The molecule has 1 aromatic heterocycles. The highest BCUT2D eigenvalue weighted by molar-refractivity contribution is 6.31. The zero-order valence-electron chi connectivity index (χ0n) is 9.25. The molecule has 90 valence electrons. The van der Waals surface area contributed by atoms with E-state index >= 15 is 0 Å². The van der Waals surface area contributed by atoms with Crippen molar-refractivity contribution in [1.82, 2.24) is 5.32 Å². The Bertz CT molecular complexity index is 450. The number of halogens is 2. The number of rotatable bonds is 5. The highest BCUT2D eigenvalue weighted by atomic mass is 35.5. The molecule has 2 rings (SSSR count). The SMILES string of the molecule is Fc1cccc(Cl)c1CNCCc1ccco1. The Kier molecular flexibility index (Phi) is 4.18. The lowest BCUT2D eigenvalue weighted by Gasteiger charge is -2.07. The molecule has 0 saturated heterocycles. The van der Waals surface area contributed by atoms with Crippen LogP contribution < -0.4 is 5.32 Å². The van der Waals surface area contributed by atoms with Gasteiger partial charge in [0.05, 0.1) is 6.26 Å². The van der Waals surface area contributed by atoms with Gasteiger partial charge in [-0.25, -0.2) is 4.39 Å². The first-order chi connectivity index (χ1) is 8.27. The second-order valence-corrected chi connectivity index (χ2v) is 4.11. The second kappa shape index (κ2) is 5.84. The molecule has 17 heavy (non-hydrogen) atoms. The Morgan fingerprint density at radius 3 is 2.82 bits per heavy atom. The monoisotopic (exact) mass is 253 g/mol. The highest BCUT2D eigenvalue weighted by Crippen LogP contribution is 2.18. The average Bonchev–Trinajstić information content (AvgIpc) is 2.80. The molecule has 0 spiro atoms. The van der Waals surface area contributed by atoms with E-state index in [1.807, 2.05) is 12.1 Å². The molecule has 1 aromatic carbocycles. The molecule has 0 unspecified atom stereocenters. The van der Waals surface area contributed by atoms with Gasteiger partial charge >= 0.3 is 0 Å². The van der Waals surface area contributed by atoms with Crippen LogP contribution in [0.2, 0.25) is 5.02 Å². The number of hydrogen-bond acceptors (Lipinski definition) is 2. The lowest BCUT2D eigenvalue weighted by atomic mass is 10.2. The van der Waals surface area contributed by atoms with Crippen LogP contribution in [-0.2, 0) is 13.0 Å². The van der Waals surface area contributed by atoms with Gasteiger partial charge in [0, 0.05) is 30.1 Å². The van der Waals surface area contributed by atoms with Gasteiger partial charge in [-0.1, -0.05) is 17.7 Å². The molecule has 0 atom stereocenters. The van der Waals surface area contributed by atoms with Crippen molar-refractivity contribution in [3.8, 4) is 0 Å². The van der Waals surface area contributed by atoms with Gasteiger partial charge in [0.1, 0.15) is 11.6 Å². The Morgan fingerprint density at radius 2 is 2.12 bits per heavy atom. The lowest BCUT2D eigenvalue weighted by molar-refractivity contribution is 0.497. The fraction of sp³-hybridized carbons (Fsp3) is 0.231. The molecule has 0 aliphatic rings. The summed E-state index contributed by atoms with van der Waals surface area (Å²) < 4.78 is 18.6. The van der Waals surface area contributed by atoms with Crippen LogP contribution in [0.25, 0.3) is 0 Å². The topological polar surface area (TPSA) is 25.2 Å². The van der Waals surface area contributed by atoms with Gasteiger partial charge in [0.25, 0.3) is 0 Å². The molecular formula is C13H13ClFNO. The molecule has 0 saturated carbocycles. The van der Waals surface area contributed by atoms with E-state index in [0.29, 0.717) is 17.1 Å². The van der Waals surface area contributed by atoms with Crippen molar-refractivity contribution in [3.05, 3.63) is 58.8 Å². The second-order valence-electron chi connectivity index (χ2n) is 3.71. The number of furan rings is 1. The Balaban J connectivity index is 1.82. The standard InChI is InChI=1S/C13H13ClFNO/c14-12-4-1-5-13(15)11(12)9-16-7-6-10-3-2-8-17-10/h1-5,8,16H,6-7,9H2. The van der Waals surface area contributed by atoms with Crippen LogP contribution in [0.1, 0.15) is 11.3 Å². The molecule has 0 radical (unpaired) electrons. The first-order valence-corrected chi connectivity index (χ1v) is 5.81. The van der Waals surface area contributed by atoms with Gasteiger partial charge in [-0.15, -0.1) is 0 Å². The normalized spacial score (nSPS) is 10.7. The maximum Gasteiger partial charge on any atom is 0.129 e. The predicted octanol–water partition coefficient (Wildman–Crippen LogP) is 3.40. The molecule has 0 fully saturated rings. The van der Waals surface area contributed by atoms with Crippen LogP contribution >= 0.6 is 11.6 Å². The van der Waals surface area contributed by atoms with Crippen molar-refractivity contribution in [3.63, 3.8) is 0 Å². The van der Waals surface area contributed by atoms with Gasteiger partial charge in [0.2, 0.25) is 0 Å². The van der Waals surface area contributed by atoms with Crippen LogP contribution in [0, 0.1) is 5.82 Å². The maximum absolute atomic E-state index is 13.4. The molecule has 2 nitrogen and oxygen atoms in total. The van der Waals surface area contributed by atoms with Crippen molar-refractivity contribution in [2.45, 2.75) is 13.0 Å². The lowest BCUT2D eigenvalue weighted by Crippen LogP contribution is -2.17. The minimum atomic E-state index is -0.275. The third kappa shape index (κ3) is 3.32. The zero-order chi connectivity index (χ0) is 12.1. The average molecular weight is 254 g/mol. The van der Waals surface area contributed by atoms with E-state index in [1.165, 1.54) is 6.07 Å². The summed E-state index contributed by atoms with van der Waals surface area (Å²) in [6.45, 7) is 1.14. The molecule has 0 bridgehead atoms. The Labute approximate surface area is 104 Å². The minimum absolute atomic E-state index is 0.275. The summed E-state index contributed by atoms with van der Waals surface area (Å²) in [5.74, 6) is 0.639. The summed E-state index contributed by atoms with van der Waals surface area (Å²) in [7, 11) is 0. The third-order valence-corrected chi connectivity index (χ3v) is 2.85. The molecule has 0 amide bonds. The van der Waals surface area contributed by atoms with Crippen molar-refractivity contribution < 1.29 is 8.81 Å². The molecule has 2 aromatic rings. The Morgan fingerprint density at radius 1 is 1.24 bits per heavy atom. The fourth-order valence-electron chi connectivity index (χ4n) is 1.58. The largest absolute Gasteiger partial charge is 0.469 e. The van der Waals surface area contributed by atoms with E-state index < -0.39 is 0 Å². The van der Waals surface area contributed by atoms with Crippen molar-refractivity contribution in [2.75, 3.05) is 6.54 Å². The summed E-state index contributed by atoms with van der Waals surface area (Å²) in [4.78, 5) is 0. The summed E-state index contributed by atoms with van der Waals surface area (Å²) in [5, 5.41) is 3.59. The van der Waals surface area contributed by atoms with Crippen LogP contribution in [0.5, 0.6) is 0 Å². The van der Waals surface area contributed by atoms with E-state index in [1.54, 1.807) is 18.4 Å². The maximum atomic E-state index is 13.4. The molecule has 0 aliphatic carbocycles. The minimum Gasteiger partial charge on any atom is -0.469 e. The first-order valence-electron chi connectivity index (χ1n) is 5.43. The van der Waals surface area contributed by atoms with Crippen LogP contribution in [0.15, 0.2) is 41.0 Å². The number of nitrogens with one attached hydrogen (secondary N) is 1. The van der Waals surface area contributed by atoms with Gasteiger partial charge in [-0.2, -0.15) is 0 Å². The summed E-state index contributed by atoms with van der Waals surface area (Å²) in [5.41, 5.74) is 0.508.